The van der Waals surface area contributed by atoms with Gasteiger partial charge in [0, 0.05) is 11.3 Å². The summed E-state index contributed by atoms with van der Waals surface area (Å²) in [7, 11) is 1.53. The van der Waals surface area contributed by atoms with Gasteiger partial charge in [-0.3, -0.25) is 4.79 Å². The van der Waals surface area contributed by atoms with Gasteiger partial charge in [-0.05, 0) is 43.7 Å². The van der Waals surface area contributed by atoms with E-state index < -0.39 is 5.38 Å². The first-order valence-electron chi connectivity index (χ1n) is 8.12. The number of alkyl halides is 1. The van der Waals surface area contributed by atoms with Crippen LogP contribution in [0.25, 0.3) is 17.1 Å². The van der Waals surface area contributed by atoms with Crippen molar-refractivity contribution in [1.82, 2.24) is 14.8 Å². The number of methoxy groups -OCH3 is 1. The van der Waals surface area contributed by atoms with Gasteiger partial charge in [-0.1, -0.05) is 24.3 Å². The quantitative estimate of drug-likeness (QED) is 0.693. The molecule has 0 saturated heterocycles. The van der Waals surface area contributed by atoms with E-state index in [1.165, 1.54) is 7.11 Å². The first kappa shape index (κ1) is 17.9. The molecule has 1 unspecified atom stereocenters. The fourth-order valence-corrected chi connectivity index (χ4v) is 2.54. The molecular weight excluding hydrogens is 352 g/mol. The van der Waals surface area contributed by atoms with Crippen molar-refractivity contribution >= 4 is 23.2 Å². The number of aromatic nitrogens is 3. The number of nitrogens with one attached hydrogen (secondary N) is 1. The van der Waals surface area contributed by atoms with E-state index in [0.29, 0.717) is 11.5 Å². The predicted octanol–water partition coefficient (Wildman–Crippen LogP) is 3.82. The van der Waals surface area contributed by atoms with Crippen molar-refractivity contribution in [3.05, 3.63) is 54.1 Å². The first-order valence-corrected chi connectivity index (χ1v) is 8.55. The molecule has 2 aromatic carbocycles. The molecule has 0 spiro atoms. The van der Waals surface area contributed by atoms with Crippen LogP contribution in [0.2, 0.25) is 0 Å². The lowest BCUT2D eigenvalue weighted by molar-refractivity contribution is -0.115. The number of hydrogen-bond acceptors (Lipinski definition) is 4. The Labute approximate surface area is 156 Å². The average Bonchev–Trinajstić information content (AvgIpc) is 3.07. The molecule has 3 aromatic rings. The van der Waals surface area contributed by atoms with Crippen LogP contribution in [0.5, 0.6) is 6.01 Å². The van der Waals surface area contributed by atoms with E-state index in [4.69, 9.17) is 16.3 Å². The third-order valence-electron chi connectivity index (χ3n) is 3.90. The van der Waals surface area contributed by atoms with Crippen molar-refractivity contribution in [2.24, 2.45) is 0 Å². The third-order valence-corrected chi connectivity index (χ3v) is 4.10. The van der Waals surface area contributed by atoms with Crippen LogP contribution in [0.3, 0.4) is 0 Å². The van der Waals surface area contributed by atoms with Crippen LogP contribution >= 0.6 is 11.6 Å². The summed E-state index contributed by atoms with van der Waals surface area (Å²) in [5.74, 6) is 0.438. The molecular formula is C19H19ClN4O2. The van der Waals surface area contributed by atoms with Crippen LogP contribution < -0.4 is 10.1 Å². The number of ether oxygens (including phenoxy) is 1. The van der Waals surface area contributed by atoms with Crippen molar-refractivity contribution in [2.75, 3.05) is 12.4 Å². The number of benzene rings is 2. The normalized spacial score (nSPS) is 11.8. The Hall–Kier alpha value is -2.86. The van der Waals surface area contributed by atoms with Crippen LogP contribution in [-0.4, -0.2) is 33.2 Å². The first-order chi connectivity index (χ1) is 12.5. The van der Waals surface area contributed by atoms with Crippen LogP contribution in [0.4, 0.5) is 5.69 Å². The van der Waals surface area contributed by atoms with E-state index in [0.717, 1.165) is 16.8 Å². The zero-order valence-electron chi connectivity index (χ0n) is 14.7. The molecule has 7 heteroatoms. The monoisotopic (exact) mass is 370 g/mol. The number of carbonyl (C=O) groups excluding carboxylic acids is 1. The van der Waals surface area contributed by atoms with E-state index in [-0.39, 0.29) is 11.9 Å². The van der Waals surface area contributed by atoms with Crippen LogP contribution in [0.1, 0.15) is 12.5 Å². The molecule has 0 saturated carbocycles. The van der Waals surface area contributed by atoms with Gasteiger partial charge in [0.05, 0.1) is 12.8 Å². The molecule has 0 radical (unpaired) electrons. The Bertz CT molecular complexity index is 920. The molecule has 6 nitrogen and oxygen atoms in total. The highest BCUT2D eigenvalue weighted by Gasteiger charge is 2.16. The van der Waals surface area contributed by atoms with Gasteiger partial charge in [0.25, 0.3) is 0 Å². The third kappa shape index (κ3) is 3.70. The summed E-state index contributed by atoms with van der Waals surface area (Å²) in [5, 5.41) is 6.57. The molecule has 26 heavy (non-hydrogen) atoms. The lowest BCUT2D eigenvalue weighted by atomic mass is 10.1. The molecule has 134 valence electrons. The van der Waals surface area contributed by atoms with Crippen LogP contribution in [0, 0.1) is 6.92 Å². The molecule has 1 heterocycles. The maximum Gasteiger partial charge on any atom is 0.336 e. The number of amides is 1. The Balaban J connectivity index is 1.98. The number of carbonyl (C=O) groups is 1. The highest BCUT2D eigenvalue weighted by atomic mass is 35.5. The van der Waals surface area contributed by atoms with Crippen molar-refractivity contribution < 1.29 is 9.53 Å². The number of halogens is 1. The van der Waals surface area contributed by atoms with E-state index in [1.807, 2.05) is 43.3 Å². The van der Waals surface area contributed by atoms with E-state index in [1.54, 1.807) is 23.7 Å². The molecule has 1 aromatic heterocycles. The summed E-state index contributed by atoms with van der Waals surface area (Å²) in [6.45, 7) is 3.65. The standard InChI is InChI=1S/C19H19ClN4O2/c1-12-6-4-5-7-16(12)17-22-19(26-3)23-24(17)15-10-8-14(9-11-15)21-18(25)13(2)20/h4-11,13H,1-3H3,(H,21,25). The molecule has 3 rings (SSSR count). The van der Waals surface area contributed by atoms with Crippen molar-refractivity contribution in [3.63, 3.8) is 0 Å². The summed E-state index contributed by atoms with van der Waals surface area (Å²) in [6.07, 6.45) is 0. The molecule has 0 aliphatic heterocycles. The largest absolute Gasteiger partial charge is 0.466 e. The average molecular weight is 371 g/mol. The second-order valence-electron chi connectivity index (χ2n) is 5.80. The highest BCUT2D eigenvalue weighted by molar-refractivity contribution is 6.32. The van der Waals surface area contributed by atoms with Crippen LogP contribution in [0.15, 0.2) is 48.5 Å². The minimum Gasteiger partial charge on any atom is -0.466 e. The molecule has 0 aliphatic carbocycles. The lowest BCUT2D eigenvalue weighted by Crippen LogP contribution is -2.20. The summed E-state index contributed by atoms with van der Waals surface area (Å²) in [4.78, 5) is 16.2. The summed E-state index contributed by atoms with van der Waals surface area (Å²) >= 11 is 5.78. The Kier molecular flexibility index (Phi) is 5.23. The Morgan fingerprint density at radius 1 is 1.19 bits per heavy atom. The van der Waals surface area contributed by atoms with Crippen molar-refractivity contribution in [2.45, 2.75) is 19.2 Å². The minimum absolute atomic E-state index is 0.248. The van der Waals surface area contributed by atoms with Gasteiger partial charge in [-0.2, -0.15) is 4.98 Å². The summed E-state index contributed by atoms with van der Waals surface area (Å²) in [5.41, 5.74) is 3.52. The second kappa shape index (κ2) is 7.58. The van der Waals surface area contributed by atoms with Crippen molar-refractivity contribution in [3.8, 4) is 23.1 Å². The number of anilines is 1. The topological polar surface area (TPSA) is 69.0 Å². The fraction of sp³-hybridized carbons (Fsp3) is 0.211. The van der Waals surface area contributed by atoms with Gasteiger partial charge in [0.1, 0.15) is 5.38 Å². The number of rotatable bonds is 5. The number of aryl methyl sites for hydroxylation is 1. The summed E-state index contributed by atoms with van der Waals surface area (Å²) in [6, 6.07) is 15.5. The zero-order chi connectivity index (χ0) is 18.7. The number of nitrogens with zero attached hydrogens (tertiary/aromatic N) is 3. The second-order valence-corrected chi connectivity index (χ2v) is 6.46. The van der Waals surface area contributed by atoms with Gasteiger partial charge < -0.3 is 10.1 Å². The van der Waals surface area contributed by atoms with Gasteiger partial charge in [-0.15, -0.1) is 16.7 Å². The molecule has 0 bridgehead atoms. The number of hydrogen-bond donors (Lipinski definition) is 1. The minimum atomic E-state index is -0.595. The maximum absolute atomic E-state index is 11.7. The molecule has 1 amide bonds. The van der Waals surface area contributed by atoms with Crippen LogP contribution in [-0.2, 0) is 4.79 Å². The van der Waals surface area contributed by atoms with Crippen molar-refractivity contribution in [1.29, 1.82) is 0 Å². The molecule has 1 N–H and O–H groups in total. The fourth-order valence-electron chi connectivity index (χ4n) is 2.49. The van der Waals surface area contributed by atoms with E-state index >= 15 is 0 Å². The Morgan fingerprint density at radius 2 is 1.88 bits per heavy atom. The maximum atomic E-state index is 11.7. The SMILES string of the molecule is COc1nc(-c2ccccc2C)n(-c2ccc(NC(=O)C(C)Cl)cc2)n1. The van der Waals surface area contributed by atoms with Gasteiger partial charge in [0.15, 0.2) is 5.82 Å². The summed E-state index contributed by atoms with van der Waals surface area (Å²) < 4.78 is 6.93. The lowest BCUT2D eigenvalue weighted by Gasteiger charge is -2.10. The Morgan fingerprint density at radius 3 is 2.50 bits per heavy atom. The predicted molar refractivity (Wildman–Crippen MR) is 102 cm³/mol. The molecule has 1 atom stereocenters. The van der Waals surface area contributed by atoms with Gasteiger partial charge >= 0.3 is 6.01 Å². The molecule has 0 aliphatic rings. The highest BCUT2D eigenvalue weighted by Crippen LogP contribution is 2.26. The van der Waals surface area contributed by atoms with Gasteiger partial charge in [-0.25, -0.2) is 4.68 Å². The molecule has 0 fully saturated rings. The van der Waals surface area contributed by atoms with E-state index in [9.17, 15) is 4.79 Å². The van der Waals surface area contributed by atoms with Gasteiger partial charge in [0.2, 0.25) is 5.91 Å². The zero-order valence-corrected chi connectivity index (χ0v) is 15.5. The van der Waals surface area contributed by atoms with E-state index in [2.05, 4.69) is 15.4 Å². The smallest absolute Gasteiger partial charge is 0.336 e.